The Morgan fingerprint density at radius 3 is 2.56 bits per heavy atom. The summed E-state index contributed by atoms with van der Waals surface area (Å²) in [7, 11) is 0. The Hall–Kier alpha value is -1.52. The van der Waals surface area contributed by atoms with Gasteiger partial charge in [0.1, 0.15) is 5.65 Å². The zero-order valence-electron chi connectivity index (χ0n) is 8.89. The van der Waals surface area contributed by atoms with Gasteiger partial charge in [0.25, 0.3) is 0 Å². The van der Waals surface area contributed by atoms with Crippen LogP contribution >= 0.6 is 0 Å². The number of aromatic amines is 1. The third kappa shape index (κ3) is 1.77. The van der Waals surface area contributed by atoms with Crippen molar-refractivity contribution in [2.75, 3.05) is 0 Å². The maximum absolute atomic E-state index is 12.6. The summed E-state index contributed by atoms with van der Waals surface area (Å²) in [5.74, 6) is 0.160. The fourth-order valence-corrected chi connectivity index (χ4v) is 1.57. The normalized spacial score (nSPS) is 12.6. The lowest BCUT2D eigenvalue weighted by Gasteiger charge is -2.07. The van der Waals surface area contributed by atoms with Crippen LogP contribution in [-0.2, 0) is 6.18 Å². The zero-order valence-corrected chi connectivity index (χ0v) is 8.89. The molecule has 0 spiro atoms. The van der Waals surface area contributed by atoms with Crippen LogP contribution in [0.15, 0.2) is 18.5 Å². The Morgan fingerprint density at radius 2 is 2.00 bits per heavy atom. The van der Waals surface area contributed by atoms with E-state index in [0.717, 1.165) is 11.8 Å². The topological polar surface area (TPSA) is 28.7 Å². The number of H-pyrrole nitrogens is 1. The summed E-state index contributed by atoms with van der Waals surface area (Å²) in [5.41, 5.74) is 0.423. The van der Waals surface area contributed by atoms with Gasteiger partial charge in [0.2, 0.25) is 0 Å². The van der Waals surface area contributed by atoms with Gasteiger partial charge in [-0.25, -0.2) is 4.98 Å². The van der Waals surface area contributed by atoms with E-state index in [1.165, 1.54) is 0 Å². The van der Waals surface area contributed by atoms with Gasteiger partial charge < -0.3 is 4.98 Å². The molecule has 0 amide bonds. The number of pyridine rings is 1. The summed E-state index contributed by atoms with van der Waals surface area (Å²) < 4.78 is 37.9. The van der Waals surface area contributed by atoms with E-state index < -0.39 is 11.7 Å². The fourth-order valence-electron chi connectivity index (χ4n) is 1.57. The predicted octanol–water partition coefficient (Wildman–Crippen LogP) is 3.71. The first-order chi connectivity index (χ1) is 7.39. The third-order valence-electron chi connectivity index (χ3n) is 2.52. The molecule has 86 valence electrons. The molecule has 16 heavy (non-hydrogen) atoms. The van der Waals surface area contributed by atoms with Crippen LogP contribution in [0.2, 0.25) is 0 Å². The Balaban J connectivity index is 2.65. The highest BCUT2D eigenvalue weighted by Gasteiger charge is 2.33. The van der Waals surface area contributed by atoms with Crippen molar-refractivity contribution in [2.24, 2.45) is 0 Å². The van der Waals surface area contributed by atoms with Crippen molar-refractivity contribution >= 4 is 11.0 Å². The molecule has 0 aliphatic carbocycles. The largest absolute Gasteiger partial charge is 0.418 e. The van der Waals surface area contributed by atoms with E-state index in [1.807, 2.05) is 13.8 Å². The summed E-state index contributed by atoms with van der Waals surface area (Å²) in [6.45, 7) is 3.84. The van der Waals surface area contributed by atoms with Crippen LogP contribution < -0.4 is 0 Å². The van der Waals surface area contributed by atoms with Crippen LogP contribution in [0.25, 0.3) is 11.0 Å². The van der Waals surface area contributed by atoms with E-state index in [2.05, 4.69) is 9.97 Å². The van der Waals surface area contributed by atoms with Gasteiger partial charge in [-0.15, -0.1) is 0 Å². The lowest BCUT2D eigenvalue weighted by atomic mass is 10.0. The molecule has 5 heteroatoms. The second-order valence-electron chi connectivity index (χ2n) is 4.02. The van der Waals surface area contributed by atoms with Gasteiger partial charge in [0, 0.05) is 17.8 Å². The number of aromatic nitrogens is 2. The predicted molar refractivity (Wildman–Crippen MR) is 55.2 cm³/mol. The summed E-state index contributed by atoms with van der Waals surface area (Å²) >= 11 is 0. The maximum Gasteiger partial charge on any atom is 0.418 e. The molecule has 2 aromatic rings. The quantitative estimate of drug-likeness (QED) is 0.792. The average molecular weight is 228 g/mol. The molecule has 0 atom stereocenters. The molecule has 0 saturated heterocycles. The van der Waals surface area contributed by atoms with Crippen LogP contribution in [0, 0.1) is 0 Å². The second-order valence-corrected chi connectivity index (χ2v) is 4.02. The van der Waals surface area contributed by atoms with E-state index in [1.54, 1.807) is 12.3 Å². The van der Waals surface area contributed by atoms with Crippen molar-refractivity contribution in [3.63, 3.8) is 0 Å². The molecule has 2 aromatic heterocycles. The first kappa shape index (κ1) is 11.0. The molecule has 2 rings (SSSR count). The summed E-state index contributed by atoms with van der Waals surface area (Å²) in [4.78, 5) is 6.51. The molecular weight excluding hydrogens is 217 g/mol. The lowest BCUT2D eigenvalue weighted by Crippen LogP contribution is -2.03. The van der Waals surface area contributed by atoms with Crippen LogP contribution in [-0.4, -0.2) is 9.97 Å². The number of alkyl halides is 3. The zero-order chi connectivity index (χ0) is 11.9. The van der Waals surface area contributed by atoms with Crippen LogP contribution in [0.3, 0.4) is 0 Å². The number of nitrogens with zero attached hydrogens (tertiary/aromatic N) is 1. The van der Waals surface area contributed by atoms with Crippen molar-refractivity contribution in [1.82, 2.24) is 9.97 Å². The van der Waals surface area contributed by atoms with Crippen molar-refractivity contribution in [3.05, 3.63) is 29.6 Å². The average Bonchev–Trinajstić information content (AvgIpc) is 2.58. The van der Waals surface area contributed by atoms with E-state index in [9.17, 15) is 13.2 Å². The SMILES string of the molecule is CC(C)c1cnc2[nH]cc(C(F)(F)F)c2c1. The number of halogens is 3. The van der Waals surface area contributed by atoms with Crippen molar-refractivity contribution in [3.8, 4) is 0 Å². The monoisotopic (exact) mass is 228 g/mol. The molecular formula is C11H11F3N2. The minimum absolute atomic E-state index is 0.138. The van der Waals surface area contributed by atoms with Crippen LogP contribution in [0.1, 0.15) is 30.9 Å². The van der Waals surface area contributed by atoms with Gasteiger partial charge in [0.05, 0.1) is 5.56 Å². The van der Waals surface area contributed by atoms with E-state index in [0.29, 0.717) is 0 Å². The first-order valence-electron chi connectivity index (χ1n) is 4.94. The van der Waals surface area contributed by atoms with Crippen LogP contribution in [0.5, 0.6) is 0 Å². The molecule has 0 aliphatic rings. The van der Waals surface area contributed by atoms with Crippen LogP contribution in [0.4, 0.5) is 13.2 Å². The van der Waals surface area contributed by atoms with Crippen molar-refractivity contribution < 1.29 is 13.2 Å². The number of nitrogens with one attached hydrogen (secondary N) is 1. The van der Waals surface area contributed by atoms with E-state index in [4.69, 9.17) is 0 Å². The summed E-state index contributed by atoms with van der Waals surface area (Å²) in [6, 6.07) is 1.55. The lowest BCUT2D eigenvalue weighted by molar-refractivity contribution is -0.136. The molecule has 2 nitrogen and oxygen atoms in total. The first-order valence-corrected chi connectivity index (χ1v) is 4.94. The number of hydrogen-bond acceptors (Lipinski definition) is 1. The molecule has 0 aromatic carbocycles. The highest BCUT2D eigenvalue weighted by molar-refractivity contribution is 5.80. The molecule has 2 heterocycles. The Morgan fingerprint density at radius 1 is 1.31 bits per heavy atom. The van der Waals surface area contributed by atoms with Gasteiger partial charge in [-0.1, -0.05) is 13.8 Å². The molecule has 0 fully saturated rings. The van der Waals surface area contributed by atoms with Gasteiger partial charge in [-0.3, -0.25) is 0 Å². The highest BCUT2D eigenvalue weighted by Crippen LogP contribution is 2.35. The Kier molecular flexibility index (Phi) is 2.40. The smallest absolute Gasteiger partial charge is 0.346 e. The minimum atomic E-state index is -4.34. The Labute approximate surface area is 90.5 Å². The van der Waals surface area contributed by atoms with Gasteiger partial charge in [0.15, 0.2) is 0 Å². The van der Waals surface area contributed by atoms with Gasteiger partial charge >= 0.3 is 6.18 Å². The minimum Gasteiger partial charge on any atom is -0.346 e. The van der Waals surface area contributed by atoms with Crippen molar-refractivity contribution in [2.45, 2.75) is 25.9 Å². The van der Waals surface area contributed by atoms with E-state index >= 15 is 0 Å². The second kappa shape index (κ2) is 3.50. The fraction of sp³-hybridized carbons (Fsp3) is 0.364. The standard InChI is InChI=1S/C11H11F3N2/c1-6(2)7-3-8-9(11(12,13)14)5-16-10(8)15-4-7/h3-6H,1-2H3,(H,15,16). The summed E-state index contributed by atoms with van der Waals surface area (Å²) in [5, 5.41) is 0.138. The number of fused-ring (bicyclic) bond motifs is 1. The molecule has 1 N–H and O–H groups in total. The molecule has 0 bridgehead atoms. The summed E-state index contributed by atoms with van der Waals surface area (Å²) in [6.07, 6.45) is -1.78. The molecule has 0 saturated carbocycles. The molecule has 0 radical (unpaired) electrons. The maximum atomic E-state index is 12.6. The van der Waals surface area contributed by atoms with E-state index in [-0.39, 0.29) is 17.0 Å². The number of rotatable bonds is 1. The highest BCUT2D eigenvalue weighted by atomic mass is 19.4. The Bertz CT molecular complexity index is 511. The third-order valence-corrected chi connectivity index (χ3v) is 2.52. The molecule has 0 unspecified atom stereocenters. The number of hydrogen-bond donors (Lipinski definition) is 1. The molecule has 0 aliphatic heterocycles. The van der Waals surface area contributed by atoms with Gasteiger partial charge in [-0.2, -0.15) is 13.2 Å². The van der Waals surface area contributed by atoms with Crippen molar-refractivity contribution in [1.29, 1.82) is 0 Å². The van der Waals surface area contributed by atoms with Gasteiger partial charge in [-0.05, 0) is 17.5 Å².